The number of nitrogens with one attached hydrogen (secondary N) is 2. The van der Waals surface area contributed by atoms with Crippen LogP contribution < -0.4 is 14.8 Å². The van der Waals surface area contributed by atoms with E-state index in [9.17, 15) is 31.2 Å². The normalized spacial score (nSPS) is 11.9. The van der Waals surface area contributed by atoms with Gasteiger partial charge in [0.05, 0.1) is 11.7 Å². The standard InChI is InChI=1S/C18H18F3N3O6S/c1-10(2)30-14-6-11(8-23-31(28,29)18(19,20)21)5-13(7-14)16(25)24-15-4-3-12(9-22-15)17(26)27/h3-7,9-10,23H,8H2,1-2H3,(H,26,27)(H,22,24,25). The molecule has 1 heterocycles. The highest BCUT2D eigenvalue weighted by Crippen LogP contribution is 2.24. The van der Waals surface area contributed by atoms with E-state index in [1.54, 1.807) is 13.8 Å². The molecular formula is C18H18F3N3O6S. The Morgan fingerprint density at radius 2 is 1.84 bits per heavy atom. The lowest BCUT2D eigenvalue weighted by atomic mass is 10.1. The molecule has 0 unspecified atom stereocenters. The highest BCUT2D eigenvalue weighted by atomic mass is 32.2. The Morgan fingerprint density at radius 3 is 2.35 bits per heavy atom. The summed E-state index contributed by atoms with van der Waals surface area (Å²) in [6.45, 7) is 2.64. The van der Waals surface area contributed by atoms with Gasteiger partial charge in [0.15, 0.2) is 0 Å². The van der Waals surface area contributed by atoms with Gasteiger partial charge >= 0.3 is 21.5 Å². The number of carboxylic acids is 1. The fourth-order valence-corrected chi connectivity index (χ4v) is 2.80. The number of amides is 1. The minimum Gasteiger partial charge on any atom is -0.491 e. The fraction of sp³-hybridized carbons (Fsp3) is 0.278. The van der Waals surface area contributed by atoms with Crippen LogP contribution in [-0.2, 0) is 16.6 Å². The first-order chi connectivity index (χ1) is 14.3. The average Bonchev–Trinajstić information content (AvgIpc) is 2.65. The third kappa shape index (κ3) is 6.65. The van der Waals surface area contributed by atoms with Crippen LogP contribution in [0.2, 0.25) is 0 Å². The molecule has 3 N–H and O–H groups in total. The van der Waals surface area contributed by atoms with Crippen LogP contribution >= 0.6 is 0 Å². The minimum atomic E-state index is -5.57. The van der Waals surface area contributed by atoms with E-state index in [0.29, 0.717) is 0 Å². The van der Waals surface area contributed by atoms with Gasteiger partial charge in [-0.15, -0.1) is 0 Å². The molecule has 0 saturated carbocycles. The number of hydrogen-bond donors (Lipinski definition) is 3. The van der Waals surface area contributed by atoms with Crippen LogP contribution in [0.5, 0.6) is 5.75 Å². The highest BCUT2D eigenvalue weighted by Gasteiger charge is 2.45. The third-order valence-electron chi connectivity index (χ3n) is 3.62. The predicted octanol–water partition coefficient (Wildman–Crippen LogP) is 2.76. The lowest BCUT2D eigenvalue weighted by Crippen LogP contribution is -2.36. The Morgan fingerprint density at radius 1 is 1.16 bits per heavy atom. The molecule has 1 amide bonds. The van der Waals surface area contributed by atoms with Crippen molar-refractivity contribution in [3.63, 3.8) is 0 Å². The summed E-state index contributed by atoms with van der Waals surface area (Å²) in [6, 6.07) is 6.29. The smallest absolute Gasteiger partial charge is 0.491 e. The first-order valence-electron chi connectivity index (χ1n) is 8.66. The number of hydrogen-bond acceptors (Lipinski definition) is 6. The summed E-state index contributed by atoms with van der Waals surface area (Å²) in [5.74, 6) is -1.75. The molecule has 0 atom stereocenters. The first kappa shape index (κ1) is 24.1. The summed E-state index contributed by atoms with van der Waals surface area (Å²) >= 11 is 0. The number of nitrogens with zero attached hydrogens (tertiary/aromatic N) is 1. The van der Waals surface area contributed by atoms with Crippen LogP contribution in [0.25, 0.3) is 0 Å². The quantitative estimate of drug-likeness (QED) is 0.550. The second-order valence-electron chi connectivity index (χ2n) is 6.49. The number of ether oxygens (including phenoxy) is 1. The molecule has 1 aromatic carbocycles. The van der Waals surface area contributed by atoms with Crippen LogP contribution in [0, 0.1) is 0 Å². The van der Waals surface area contributed by atoms with Gasteiger partial charge in [-0.1, -0.05) is 0 Å². The van der Waals surface area contributed by atoms with Crippen molar-refractivity contribution in [2.45, 2.75) is 32.0 Å². The molecule has 0 bridgehead atoms. The number of rotatable bonds is 8. The van der Waals surface area contributed by atoms with Crippen molar-refractivity contribution < 1.29 is 41.0 Å². The molecule has 2 aromatic rings. The van der Waals surface area contributed by atoms with Crippen molar-refractivity contribution in [1.82, 2.24) is 9.71 Å². The molecule has 2 rings (SSSR count). The van der Waals surface area contributed by atoms with E-state index in [0.717, 1.165) is 6.20 Å². The van der Waals surface area contributed by atoms with Gasteiger partial charge in [0.25, 0.3) is 5.91 Å². The first-order valence-corrected chi connectivity index (χ1v) is 10.1. The van der Waals surface area contributed by atoms with Crippen molar-refractivity contribution in [2.75, 3.05) is 5.32 Å². The van der Waals surface area contributed by atoms with Crippen molar-refractivity contribution in [3.05, 3.63) is 53.2 Å². The number of sulfonamides is 1. The fourth-order valence-electron chi connectivity index (χ4n) is 2.28. The number of halogens is 3. The number of benzene rings is 1. The lowest BCUT2D eigenvalue weighted by Gasteiger charge is -2.14. The number of alkyl halides is 3. The summed E-state index contributed by atoms with van der Waals surface area (Å²) < 4.78 is 66.9. The van der Waals surface area contributed by atoms with E-state index in [1.165, 1.54) is 35.1 Å². The average molecular weight is 461 g/mol. The van der Waals surface area contributed by atoms with Crippen LogP contribution in [0.1, 0.15) is 40.1 Å². The number of aromatic nitrogens is 1. The Balaban J connectivity index is 2.27. The molecule has 0 spiro atoms. The number of carbonyl (C=O) groups excluding carboxylic acids is 1. The largest absolute Gasteiger partial charge is 0.511 e. The minimum absolute atomic E-state index is 0.0319. The van der Waals surface area contributed by atoms with Crippen LogP contribution in [0.4, 0.5) is 19.0 Å². The van der Waals surface area contributed by atoms with Gasteiger partial charge in [-0.3, -0.25) is 4.79 Å². The monoisotopic (exact) mass is 461 g/mol. The summed E-state index contributed by atoms with van der Waals surface area (Å²) in [5, 5.41) is 11.3. The van der Waals surface area contributed by atoms with Gasteiger partial charge < -0.3 is 15.2 Å². The topological polar surface area (TPSA) is 135 Å². The van der Waals surface area contributed by atoms with Gasteiger partial charge in [0.1, 0.15) is 11.6 Å². The molecule has 0 fully saturated rings. The molecule has 0 aliphatic rings. The van der Waals surface area contributed by atoms with Crippen molar-refractivity contribution in [3.8, 4) is 5.75 Å². The van der Waals surface area contributed by atoms with E-state index >= 15 is 0 Å². The van der Waals surface area contributed by atoms with Gasteiger partial charge in [0.2, 0.25) is 0 Å². The van der Waals surface area contributed by atoms with E-state index < -0.39 is 34.0 Å². The maximum Gasteiger partial charge on any atom is 0.511 e. The molecule has 0 saturated heterocycles. The number of carbonyl (C=O) groups is 2. The zero-order chi connectivity index (χ0) is 23.4. The number of pyridine rings is 1. The van der Waals surface area contributed by atoms with Gasteiger partial charge in [-0.05, 0) is 49.7 Å². The van der Waals surface area contributed by atoms with E-state index in [2.05, 4.69) is 10.3 Å². The van der Waals surface area contributed by atoms with Gasteiger partial charge in [-0.2, -0.15) is 13.2 Å². The van der Waals surface area contributed by atoms with E-state index in [-0.39, 0.29) is 34.4 Å². The van der Waals surface area contributed by atoms with Gasteiger partial charge in [0, 0.05) is 18.3 Å². The molecule has 0 aliphatic carbocycles. The molecule has 31 heavy (non-hydrogen) atoms. The molecule has 1 aromatic heterocycles. The second kappa shape index (κ2) is 9.31. The molecule has 168 valence electrons. The van der Waals surface area contributed by atoms with Crippen LogP contribution in [-0.4, -0.2) is 42.0 Å². The summed E-state index contributed by atoms with van der Waals surface area (Å²) in [5.41, 5.74) is -5.56. The van der Waals surface area contributed by atoms with E-state index in [1.807, 2.05) is 0 Å². The third-order valence-corrected chi connectivity index (χ3v) is 4.76. The number of anilines is 1. The van der Waals surface area contributed by atoms with Crippen molar-refractivity contribution in [1.29, 1.82) is 0 Å². The SMILES string of the molecule is CC(C)Oc1cc(CNS(=O)(=O)C(F)(F)F)cc(C(=O)Nc2ccc(C(=O)O)cn2)c1. The molecule has 13 heteroatoms. The zero-order valence-corrected chi connectivity index (χ0v) is 17.0. The van der Waals surface area contributed by atoms with Crippen LogP contribution in [0.3, 0.4) is 0 Å². The maximum atomic E-state index is 12.5. The Bertz CT molecular complexity index is 1070. The highest BCUT2D eigenvalue weighted by molar-refractivity contribution is 7.90. The molecular weight excluding hydrogens is 443 g/mol. The molecule has 9 nitrogen and oxygen atoms in total. The number of carboxylic acid groups (broad SMARTS) is 1. The maximum absolute atomic E-state index is 12.5. The van der Waals surface area contributed by atoms with E-state index in [4.69, 9.17) is 9.84 Å². The Hall–Kier alpha value is -3.19. The number of aromatic carboxylic acids is 1. The van der Waals surface area contributed by atoms with Crippen molar-refractivity contribution in [2.24, 2.45) is 0 Å². The lowest BCUT2D eigenvalue weighted by molar-refractivity contribution is -0.0448. The summed E-state index contributed by atoms with van der Waals surface area (Å²) in [7, 11) is -5.57. The van der Waals surface area contributed by atoms with Gasteiger partial charge in [-0.25, -0.2) is 22.9 Å². The Kier molecular flexibility index (Phi) is 7.23. The molecule has 0 aliphatic heterocycles. The predicted molar refractivity (Wildman–Crippen MR) is 103 cm³/mol. The Labute approximate surface area is 175 Å². The summed E-state index contributed by atoms with van der Waals surface area (Å²) in [6.07, 6.45) is 0.705. The second-order valence-corrected chi connectivity index (χ2v) is 8.25. The summed E-state index contributed by atoms with van der Waals surface area (Å²) in [4.78, 5) is 27.2. The molecule has 0 radical (unpaired) electrons. The van der Waals surface area contributed by atoms with Crippen molar-refractivity contribution >= 4 is 27.7 Å². The van der Waals surface area contributed by atoms with Crippen LogP contribution in [0.15, 0.2) is 36.5 Å². The zero-order valence-electron chi connectivity index (χ0n) is 16.2.